The zero-order valence-electron chi connectivity index (χ0n) is 16.5. The number of carbonyl (C=O) groups is 3. The molecule has 148 valence electrons. The van der Waals surface area contributed by atoms with Crippen molar-refractivity contribution in [2.24, 2.45) is 0 Å². The quantitative estimate of drug-likeness (QED) is 0.708. The van der Waals surface area contributed by atoms with E-state index in [0.29, 0.717) is 18.7 Å². The Bertz CT molecular complexity index is 851. The molecule has 0 saturated carbocycles. The third kappa shape index (κ3) is 5.09. The maximum absolute atomic E-state index is 12.9. The predicted octanol–water partition coefficient (Wildman–Crippen LogP) is 3.82. The first-order valence-electron chi connectivity index (χ1n) is 8.97. The van der Waals surface area contributed by atoms with Gasteiger partial charge in [0, 0.05) is 38.8 Å². The van der Waals surface area contributed by atoms with Gasteiger partial charge in [-0.25, -0.2) is 9.59 Å². The van der Waals surface area contributed by atoms with Gasteiger partial charge in [-0.05, 0) is 26.0 Å². The first-order chi connectivity index (χ1) is 13.4. The zero-order valence-corrected chi connectivity index (χ0v) is 16.5. The van der Waals surface area contributed by atoms with Gasteiger partial charge in [-0.15, -0.1) is 0 Å². The fourth-order valence-corrected chi connectivity index (χ4v) is 2.19. The number of benzene rings is 2. The van der Waals surface area contributed by atoms with Gasteiger partial charge in [-0.1, -0.05) is 30.3 Å². The third-order valence-electron chi connectivity index (χ3n) is 4.21. The van der Waals surface area contributed by atoms with Crippen LogP contribution in [0.25, 0.3) is 0 Å². The summed E-state index contributed by atoms with van der Waals surface area (Å²) in [4.78, 5) is 39.8. The number of amides is 2. The van der Waals surface area contributed by atoms with E-state index in [1.54, 1.807) is 51.4 Å². The molecule has 0 heterocycles. The highest BCUT2D eigenvalue weighted by atomic mass is 16.6. The molecule has 0 N–H and O–H groups in total. The summed E-state index contributed by atoms with van der Waals surface area (Å²) in [6.45, 7) is 4.54. The van der Waals surface area contributed by atoms with Crippen molar-refractivity contribution in [1.29, 1.82) is 0 Å². The lowest BCUT2D eigenvalue weighted by Gasteiger charge is -2.18. The molecule has 2 amide bonds. The molecule has 0 aliphatic heterocycles. The van der Waals surface area contributed by atoms with Crippen molar-refractivity contribution in [2.45, 2.75) is 13.8 Å². The van der Waals surface area contributed by atoms with Gasteiger partial charge in [0.1, 0.15) is 11.5 Å². The molecule has 0 aliphatic carbocycles. The standard InChI is InChI=1S/C21H24N2O5/c1-5-22(3)20(25)27-16-12-13-17(19(24)15-10-8-7-9-11-15)18(14-16)28-21(26)23(4)6-2/h7-14H,5-6H2,1-4H3. The number of nitrogens with zero attached hydrogens (tertiary/aromatic N) is 2. The molecule has 28 heavy (non-hydrogen) atoms. The van der Waals surface area contributed by atoms with E-state index in [2.05, 4.69) is 0 Å². The summed E-state index contributed by atoms with van der Waals surface area (Å²) >= 11 is 0. The summed E-state index contributed by atoms with van der Waals surface area (Å²) in [5.41, 5.74) is 0.659. The van der Waals surface area contributed by atoms with Gasteiger partial charge in [0.25, 0.3) is 0 Å². The van der Waals surface area contributed by atoms with Crippen LogP contribution in [0.15, 0.2) is 48.5 Å². The van der Waals surface area contributed by atoms with Crippen molar-refractivity contribution in [3.05, 3.63) is 59.7 Å². The van der Waals surface area contributed by atoms with Crippen LogP contribution < -0.4 is 9.47 Å². The molecule has 0 unspecified atom stereocenters. The Hall–Kier alpha value is -3.35. The van der Waals surface area contributed by atoms with Crippen LogP contribution in [-0.2, 0) is 0 Å². The van der Waals surface area contributed by atoms with Gasteiger partial charge >= 0.3 is 12.2 Å². The lowest BCUT2D eigenvalue weighted by Crippen LogP contribution is -2.30. The van der Waals surface area contributed by atoms with Crippen LogP contribution in [0.4, 0.5) is 9.59 Å². The topological polar surface area (TPSA) is 76.1 Å². The number of ketones is 1. The van der Waals surface area contributed by atoms with Gasteiger partial charge in [0.05, 0.1) is 5.56 Å². The van der Waals surface area contributed by atoms with Crippen molar-refractivity contribution >= 4 is 18.0 Å². The highest BCUT2D eigenvalue weighted by Gasteiger charge is 2.20. The van der Waals surface area contributed by atoms with E-state index >= 15 is 0 Å². The molecule has 0 aliphatic rings. The summed E-state index contributed by atoms with van der Waals surface area (Å²) in [6, 6.07) is 13.0. The Morgan fingerprint density at radius 2 is 1.39 bits per heavy atom. The molecule has 7 heteroatoms. The molecule has 2 rings (SSSR count). The van der Waals surface area contributed by atoms with Crippen molar-refractivity contribution in [3.63, 3.8) is 0 Å². The fourth-order valence-electron chi connectivity index (χ4n) is 2.19. The van der Waals surface area contributed by atoms with Crippen LogP contribution in [-0.4, -0.2) is 55.0 Å². The molecule has 0 atom stereocenters. The van der Waals surface area contributed by atoms with E-state index in [4.69, 9.17) is 9.47 Å². The maximum atomic E-state index is 12.9. The number of hydrogen-bond donors (Lipinski definition) is 0. The summed E-state index contributed by atoms with van der Waals surface area (Å²) in [7, 11) is 3.19. The van der Waals surface area contributed by atoms with Crippen LogP contribution in [0.1, 0.15) is 29.8 Å². The van der Waals surface area contributed by atoms with Crippen molar-refractivity contribution in [2.75, 3.05) is 27.2 Å². The molecular formula is C21H24N2O5. The molecule has 0 fully saturated rings. The number of rotatable bonds is 6. The summed E-state index contributed by atoms with van der Waals surface area (Å²) in [6.07, 6.45) is -1.16. The molecular weight excluding hydrogens is 360 g/mol. The minimum atomic E-state index is -0.612. The zero-order chi connectivity index (χ0) is 20.7. The summed E-state index contributed by atoms with van der Waals surface area (Å²) < 4.78 is 10.7. The SMILES string of the molecule is CCN(C)C(=O)Oc1ccc(C(=O)c2ccccc2)c(OC(=O)N(C)CC)c1. The Labute approximate surface area is 164 Å². The lowest BCUT2D eigenvalue weighted by atomic mass is 10.0. The predicted molar refractivity (Wildman–Crippen MR) is 105 cm³/mol. The Balaban J connectivity index is 2.39. The minimum Gasteiger partial charge on any atom is -0.410 e. The van der Waals surface area contributed by atoms with Crippen LogP contribution in [0, 0.1) is 0 Å². The van der Waals surface area contributed by atoms with Crippen LogP contribution >= 0.6 is 0 Å². The van der Waals surface area contributed by atoms with Gasteiger partial charge in [-0.3, -0.25) is 4.79 Å². The van der Waals surface area contributed by atoms with Crippen molar-refractivity contribution in [3.8, 4) is 11.5 Å². The minimum absolute atomic E-state index is 0.0311. The van der Waals surface area contributed by atoms with Crippen molar-refractivity contribution < 1.29 is 23.9 Å². The second-order valence-electron chi connectivity index (χ2n) is 6.12. The maximum Gasteiger partial charge on any atom is 0.414 e. The van der Waals surface area contributed by atoms with E-state index in [0.717, 1.165) is 0 Å². The highest BCUT2D eigenvalue weighted by molar-refractivity contribution is 6.11. The third-order valence-corrected chi connectivity index (χ3v) is 4.21. The molecule has 0 radical (unpaired) electrons. The Morgan fingerprint density at radius 3 is 1.96 bits per heavy atom. The van der Waals surface area contributed by atoms with E-state index in [1.807, 2.05) is 6.92 Å². The number of carbonyl (C=O) groups excluding carboxylic acids is 3. The first-order valence-corrected chi connectivity index (χ1v) is 8.97. The lowest BCUT2D eigenvalue weighted by molar-refractivity contribution is 0.103. The van der Waals surface area contributed by atoms with Crippen LogP contribution in [0.3, 0.4) is 0 Å². The normalized spacial score (nSPS) is 10.1. The van der Waals surface area contributed by atoms with Crippen LogP contribution in [0.2, 0.25) is 0 Å². The largest absolute Gasteiger partial charge is 0.414 e. The van der Waals surface area contributed by atoms with E-state index < -0.39 is 12.2 Å². The van der Waals surface area contributed by atoms with Gasteiger partial charge < -0.3 is 19.3 Å². The van der Waals surface area contributed by atoms with E-state index in [1.165, 1.54) is 28.0 Å². The second-order valence-corrected chi connectivity index (χ2v) is 6.12. The van der Waals surface area contributed by atoms with Gasteiger partial charge in [-0.2, -0.15) is 0 Å². The molecule has 7 nitrogen and oxygen atoms in total. The molecule has 0 aromatic heterocycles. The Kier molecular flexibility index (Phi) is 7.14. The molecule has 0 bridgehead atoms. The molecule has 2 aromatic carbocycles. The van der Waals surface area contributed by atoms with Crippen LogP contribution in [0.5, 0.6) is 11.5 Å². The Morgan fingerprint density at radius 1 is 0.821 bits per heavy atom. The van der Waals surface area contributed by atoms with E-state index in [-0.39, 0.29) is 22.8 Å². The monoisotopic (exact) mass is 384 g/mol. The highest BCUT2D eigenvalue weighted by Crippen LogP contribution is 2.28. The fraction of sp³-hybridized carbons (Fsp3) is 0.286. The van der Waals surface area contributed by atoms with E-state index in [9.17, 15) is 14.4 Å². The second kappa shape index (κ2) is 9.55. The number of hydrogen-bond acceptors (Lipinski definition) is 5. The average molecular weight is 384 g/mol. The smallest absolute Gasteiger partial charge is 0.410 e. The van der Waals surface area contributed by atoms with Gasteiger partial charge in [0.15, 0.2) is 5.78 Å². The van der Waals surface area contributed by atoms with Gasteiger partial charge in [0.2, 0.25) is 0 Å². The molecule has 2 aromatic rings. The molecule has 0 saturated heterocycles. The number of ether oxygens (including phenoxy) is 2. The molecule has 0 spiro atoms. The van der Waals surface area contributed by atoms with Crippen molar-refractivity contribution in [1.82, 2.24) is 9.80 Å². The summed E-state index contributed by atoms with van der Waals surface area (Å²) in [5.74, 6) is -0.0911. The first kappa shape index (κ1) is 21.0. The summed E-state index contributed by atoms with van der Waals surface area (Å²) in [5, 5.41) is 0. The average Bonchev–Trinajstić information content (AvgIpc) is 2.72.